The molecule has 0 aromatic heterocycles. The first-order valence-electron chi connectivity index (χ1n) is 5.44. The van der Waals surface area contributed by atoms with Crippen LogP contribution in [0.2, 0.25) is 0 Å². The van der Waals surface area contributed by atoms with Crippen LogP contribution < -0.4 is 0 Å². The average molecular weight is 238 g/mol. The highest BCUT2D eigenvalue weighted by Gasteiger charge is 2.55. The van der Waals surface area contributed by atoms with E-state index in [9.17, 15) is 18.3 Å². The van der Waals surface area contributed by atoms with Crippen LogP contribution in [-0.2, 0) is 0 Å². The molecule has 5 heteroatoms. The number of halogens is 3. The molecule has 0 saturated carbocycles. The Labute approximate surface area is 92.8 Å². The van der Waals surface area contributed by atoms with Gasteiger partial charge in [-0.25, -0.2) is 0 Å². The summed E-state index contributed by atoms with van der Waals surface area (Å²) in [6, 6.07) is 0. The maximum Gasteiger partial charge on any atom is 0.423 e. The van der Waals surface area contributed by atoms with Gasteiger partial charge in [0.25, 0.3) is 0 Å². The van der Waals surface area contributed by atoms with Gasteiger partial charge in [-0.2, -0.15) is 13.2 Å². The Kier molecular flexibility index (Phi) is 4.02. The average Bonchev–Trinajstić information content (AvgIpc) is 2.26. The van der Waals surface area contributed by atoms with Crippen LogP contribution in [0.4, 0.5) is 13.2 Å². The highest BCUT2D eigenvalue weighted by atomic mass is 19.4. The molecule has 0 aromatic rings. The van der Waals surface area contributed by atoms with Crippen LogP contribution in [0.3, 0.4) is 0 Å². The van der Waals surface area contributed by atoms with Gasteiger partial charge in [0.2, 0.25) is 5.60 Å². The van der Waals surface area contributed by atoms with Crippen molar-refractivity contribution in [1.29, 1.82) is 0 Å². The van der Waals surface area contributed by atoms with Crippen molar-refractivity contribution >= 4 is 0 Å². The Balaban J connectivity index is 2.87. The van der Waals surface area contributed by atoms with Crippen LogP contribution in [0.1, 0.15) is 32.6 Å². The van der Waals surface area contributed by atoms with Crippen LogP contribution in [0.5, 0.6) is 0 Å². The number of allylic oxidation sites excluding steroid dienone is 1. The second-order valence-electron chi connectivity index (χ2n) is 4.29. The topological polar surface area (TPSA) is 40.5 Å². The van der Waals surface area contributed by atoms with Crippen LogP contribution in [0.15, 0.2) is 11.6 Å². The monoisotopic (exact) mass is 238 g/mol. The molecule has 0 bridgehead atoms. The van der Waals surface area contributed by atoms with Gasteiger partial charge in [0.15, 0.2) is 0 Å². The number of alkyl halides is 3. The van der Waals surface area contributed by atoms with E-state index >= 15 is 0 Å². The van der Waals surface area contributed by atoms with Crippen molar-refractivity contribution in [2.45, 2.75) is 44.4 Å². The maximum absolute atomic E-state index is 12.6. The Morgan fingerprint density at radius 3 is 2.38 bits per heavy atom. The lowest BCUT2D eigenvalue weighted by Crippen LogP contribution is -2.50. The van der Waals surface area contributed by atoms with Gasteiger partial charge >= 0.3 is 6.18 Å². The summed E-state index contributed by atoms with van der Waals surface area (Å²) in [6.45, 7) is 0.685. The molecular weight excluding hydrogens is 221 g/mol. The summed E-state index contributed by atoms with van der Waals surface area (Å²) in [4.78, 5) is 0. The highest BCUT2D eigenvalue weighted by Crippen LogP contribution is 2.41. The molecule has 94 valence electrons. The minimum absolute atomic E-state index is 0.0906. The molecule has 0 aromatic carbocycles. The lowest BCUT2D eigenvalue weighted by molar-refractivity contribution is -0.255. The van der Waals surface area contributed by atoms with Crippen LogP contribution in [0.25, 0.3) is 0 Å². The third-order valence-electron chi connectivity index (χ3n) is 3.33. The number of hydrogen-bond donors (Lipinski definition) is 2. The lowest BCUT2D eigenvalue weighted by atomic mass is 9.80. The molecule has 2 unspecified atom stereocenters. The normalized spacial score (nSPS) is 26.1. The molecule has 0 radical (unpaired) electrons. The van der Waals surface area contributed by atoms with E-state index in [1.54, 1.807) is 0 Å². The van der Waals surface area contributed by atoms with Crippen molar-refractivity contribution in [3.8, 4) is 0 Å². The third-order valence-corrected chi connectivity index (χ3v) is 3.33. The Hall–Kier alpha value is -0.550. The summed E-state index contributed by atoms with van der Waals surface area (Å²) >= 11 is 0. The second-order valence-corrected chi connectivity index (χ2v) is 4.29. The van der Waals surface area contributed by atoms with Gasteiger partial charge < -0.3 is 10.2 Å². The van der Waals surface area contributed by atoms with Gasteiger partial charge in [0.05, 0.1) is 6.61 Å². The minimum Gasteiger partial charge on any atom is -0.393 e. The van der Waals surface area contributed by atoms with Crippen molar-refractivity contribution < 1.29 is 23.4 Å². The Bertz CT molecular complexity index is 273. The van der Waals surface area contributed by atoms with Crippen molar-refractivity contribution in [3.63, 3.8) is 0 Å². The van der Waals surface area contributed by atoms with Crippen LogP contribution in [-0.4, -0.2) is 28.6 Å². The quantitative estimate of drug-likeness (QED) is 0.741. The predicted molar refractivity (Wildman–Crippen MR) is 53.8 cm³/mol. The molecule has 1 rings (SSSR count). The van der Waals surface area contributed by atoms with Crippen molar-refractivity contribution in [1.82, 2.24) is 0 Å². The summed E-state index contributed by atoms with van der Waals surface area (Å²) in [6.07, 6.45) is -1.07. The summed E-state index contributed by atoms with van der Waals surface area (Å²) < 4.78 is 37.9. The molecule has 2 N–H and O–H groups in total. The number of aliphatic hydroxyl groups excluding tert-OH is 1. The van der Waals surface area contributed by atoms with Crippen LogP contribution >= 0.6 is 0 Å². The fourth-order valence-corrected chi connectivity index (χ4v) is 2.01. The van der Waals surface area contributed by atoms with E-state index in [1.807, 2.05) is 6.92 Å². The van der Waals surface area contributed by atoms with E-state index in [1.165, 1.54) is 6.08 Å². The van der Waals surface area contributed by atoms with Gasteiger partial charge in [-0.15, -0.1) is 0 Å². The van der Waals surface area contributed by atoms with E-state index in [4.69, 9.17) is 5.11 Å². The molecular formula is C11H17F3O2. The summed E-state index contributed by atoms with van der Waals surface area (Å²) in [5, 5.41) is 18.3. The molecule has 1 aliphatic carbocycles. The van der Waals surface area contributed by atoms with Gasteiger partial charge in [0, 0.05) is 0 Å². The smallest absolute Gasteiger partial charge is 0.393 e. The van der Waals surface area contributed by atoms with E-state index in [-0.39, 0.29) is 12.0 Å². The molecule has 0 saturated heterocycles. The molecule has 2 atom stereocenters. The first-order chi connectivity index (χ1) is 7.35. The van der Waals surface area contributed by atoms with Gasteiger partial charge in [0.1, 0.15) is 0 Å². The van der Waals surface area contributed by atoms with Crippen molar-refractivity contribution in [2.75, 3.05) is 6.61 Å². The largest absolute Gasteiger partial charge is 0.423 e. The van der Waals surface area contributed by atoms with E-state index < -0.39 is 18.4 Å². The fourth-order valence-electron chi connectivity index (χ4n) is 2.01. The van der Waals surface area contributed by atoms with Gasteiger partial charge in [-0.1, -0.05) is 19.4 Å². The van der Waals surface area contributed by atoms with E-state index in [2.05, 4.69) is 0 Å². The Morgan fingerprint density at radius 2 is 2.06 bits per heavy atom. The predicted octanol–water partition coefficient (Wildman–Crippen LogP) is 2.41. The second kappa shape index (κ2) is 4.75. The molecule has 0 aliphatic heterocycles. The fraction of sp³-hybridized carbons (Fsp3) is 0.818. The van der Waals surface area contributed by atoms with E-state index in [0.717, 1.165) is 6.42 Å². The Morgan fingerprint density at radius 1 is 1.44 bits per heavy atom. The summed E-state index contributed by atoms with van der Waals surface area (Å²) in [5.74, 6) is 0.389. The summed E-state index contributed by atoms with van der Waals surface area (Å²) in [5.41, 5.74) is -3.14. The first-order valence-corrected chi connectivity index (χ1v) is 5.44. The minimum atomic E-state index is -4.81. The zero-order valence-electron chi connectivity index (χ0n) is 9.22. The van der Waals surface area contributed by atoms with Crippen LogP contribution in [0, 0.1) is 5.92 Å². The van der Waals surface area contributed by atoms with Crippen molar-refractivity contribution in [3.05, 3.63) is 11.6 Å². The molecule has 1 aliphatic rings. The molecule has 16 heavy (non-hydrogen) atoms. The standard InChI is InChI=1S/C11H17F3O2/c1-2-8-3-5-9(6-4-8)10(16,7-15)11(12,13)14/h5,8,15-16H,2-4,6-7H2,1H3. The molecule has 0 amide bonds. The SMILES string of the molecule is CCC1CC=C(C(O)(CO)C(F)(F)F)CC1. The zero-order chi connectivity index (χ0) is 12.4. The van der Waals surface area contributed by atoms with E-state index in [0.29, 0.717) is 18.8 Å². The number of rotatable bonds is 3. The number of hydrogen-bond acceptors (Lipinski definition) is 2. The molecule has 0 spiro atoms. The lowest BCUT2D eigenvalue weighted by Gasteiger charge is -2.34. The van der Waals surface area contributed by atoms with Gasteiger partial charge in [-0.05, 0) is 30.8 Å². The third kappa shape index (κ3) is 2.40. The number of aliphatic hydroxyl groups is 2. The molecule has 2 nitrogen and oxygen atoms in total. The maximum atomic E-state index is 12.6. The zero-order valence-corrected chi connectivity index (χ0v) is 9.22. The van der Waals surface area contributed by atoms with Gasteiger partial charge in [-0.3, -0.25) is 0 Å². The molecule has 0 fully saturated rings. The molecule has 0 heterocycles. The summed E-state index contributed by atoms with van der Waals surface area (Å²) in [7, 11) is 0. The highest BCUT2D eigenvalue weighted by molar-refractivity contribution is 5.22. The first kappa shape index (κ1) is 13.5. The van der Waals surface area contributed by atoms with Crippen molar-refractivity contribution in [2.24, 2.45) is 5.92 Å².